The molecule has 0 atom stereocenters. The van der Waals surface area contributed by atoms with E-state index in [0.717, 1.165) is 60.5 Å². The van der Waals surface area contributed by atoms with Crippen LogP contribution in [-0.2, 0) is 0 Å². The lowest BCUT2D eigenvalue weighted by atomic mass is 9.95. The molecule has 0 unspecified atom stereocenters. The molecule has 0 radical (unpaired) electrons. The summed E-state index contributed by atoms with van der Waals surface area (Å²) in [6.45, 7) is 0. The molecular weight excluding hydrogens is 685 g/mol. The average molecular weight is 722 g/mol. The zero-order valence-electron chi connectivity index (χ0n) is 34.8. The van der Waals surface area contributed by atoms with E-state index in [-0.39, 0.29) is 17.6 Å². The topological polar surface area (TPSA) is 56.7 Å². The number of furan rings is 1. The van der Waals surface area contributed by atoms with Gasteiger partial charge in [0.25, 0.3) is 0 Å². The fourth-order valence-electron chi connectivity index (χ4n) is 7.70. The number of aromatic nitrogens is 4. The summed E-state index contributed by atoms with van der Waals surface area (Å²) in [5, 5.41) is 3.74. The Labute approximate surface area is 329 Å². The van der Waals surface area contributed by atoms with Gasteiger partial charge in [0.15, 0.2) is 17.5 Å². The molecule has 0 N–H and O–H groups in total. The highest BCUT2D eigenvalue weighted by atomic mass is 16.3. The van der Waals surface area contributed by atoms with E-state index in [1.54, 1.807) is 0 Å². The molecule has 0 aliphatic heterocycles. The highest BCUT2D eigenvalue weighted by Gasteiger charge is 2.19. The first-order valence-corrected chi connectivity index (χ1v) is 18.4. The van der Waals surface area contributed by atoms with Gasteiger partial charge in [0, 0.05) is 49.5 Å². The summed E-state index contributed by atoms with van der Waals surface area (Å²) in [5.74, 6) is 1.49. The maximum atomic E-state index is 8.87. The van der Waals surface area contributed by atoms with E-state index >= 15 is 0 Å². The summed E-state index contributed by atoms with van der Waals surface area (Å²) in [6, 6.07) is 52.5. The van der Waals surface area contributed by atoms with Crippen LogP contribution in [0.4, 0.5) is 0 Å². The summed E-state index contributed by atoms with van der Waals surface area (Å²) in [4.78, 5) is 15.1. The van der Waals surface area contributed by atoms with E-state index in [9.17, 15) is 0 Å². The minimum atomic E-state index is -0.450. The van der Waals surface area contributed by atoms with Gasteiger partial charge in [0.05, 0.1) is 17.9 Å². The van der Waals surface area contributed by atoms with Gasteiger partial charge < -0.3 is 8.98 Å². The van der Waals surface area contributed by atoms with Crippen LogP contribution in [0.3, 0.4) is 0 Å². The molecule has 3 aromatic heterocycles. The van der Waals surface area contributed by atoms with Gasteiger partial charge in [-0.1, -0.05) is 133 Å². The van der Waals surface area contributed by atoms with Gasteiger partial charge in [0.2, 0.25) is 0 Å². The SMILES string of the molecule is [2H]c1c([2H])c([2H])c(-c2cc(-c3ccccc3)cc3c2oc2cc(-c4nc(-c5ccccc5)nc(-c5ccc6c(c5)c5ccccc5n6-c5ccccc5)n4)ccc23)c([2H])c1[2H]. The normalized spacial score (nSPS) is 12.8. The fraction of sp³-hybridized carbons (Fsp3) is 0. The van der Waals surface area contributed by atoms with Crippen LogP contribution < -0.4 is 0 Å². The number of rotatable bonds is 6. The minimum absolute atomic E-state index is 0.0755. The van der Waals surface area contributed by atoms with Gasteiger partial charge in [-0.05, 0) is 77.4 Å². The predicted octanol–water partition coefficient (Wildman–Crippen LogP) is 13.2. The second-order valence-electron chi connectivity index (χ2n) is 13.7. The summed E-state index contributed by atoms with van der Waals surface area (Å²) >= 11 is 0. The summed E-state index contributed by atoms with van der Waals surface area (Å²) < 4.78 is 51.8. The molecule has 5 heteroatoms. The van der Waals surface area contributed by atoms with Crippen molar-refractivity contribution in [3.63, 3.8) is 0 Å². The van der Waals surface area contributed by atoms with Crippen molar-refractivity contribution >= 4 is 43.7 Å². The molecular formula is C51H32N4O. The predicted molar refractivity (Wildman–Crippen MR) is 229 cm³/mol. The van der Waals surface area contributed by atoms with Crippen molar-refractivity contribution in [2.24, 2.45) is 0 Å². The third-order valence-electron chi connectivity index (χ3n) is 10.3. The zero-order chi connectivity index (χ0) is 41.4. The molecule has 0 bridgehead atoms. The van der Waals surface area contributed by atoms with Crippen LogP contribution in [0.5, 0.6) is 0 Å². The Kier molecular flexibility index (Phi) is 6.29. The highest BCUT2D eigenvalue weighted by molar-refractivity contribution is 6.12. The van der Waals surface area contributed by atoms with Crippen LogP contribution in [0, 0.1) is 0 Å². The maximum absolute atomic E-state index is 8.87. The molecule has 11 rings (SSSR count). The van der Waals surface area contributed by atoms with Gasteiger partial charge in [-0.15, -0.1) is 0 Å². The number of hydrogen-bond donors (Lipinski definition) is 0. The zero-order valence-corrected chi connectivity index (χ0v) is 29.8. The molecule has 0 amide bonds. The molecule has 0 saturated heterocycles. The van der Waals surface area contributed by atoms with Gasteiger partial charge >= 0.3 is 0 Å². The van der Waals surface area contributed by atoms with Crippen LogP contribution in [-0.4, -0.2) is 19.5 Å². The highest BCUT2D eigenvalue weighted by Crippen LogP contribution is 2.41. The van der Waals surface area contributed by atoms with Crippen molar-refractivity contribution in [3.8, 4) is 62.1 Å². The Balaban J connectivity index is 1.11. The summed E-state index contributed by atoms with van der Waals surface area (Å²) in [7, 11) is 0. The molecule has 0 spiro atoms. The van der Waals surface area contributed by atoms with Crippen LogP contribution in [0.1, 0.15) is 6.85 Å². The van der Waals surface area contributed by atoms with Crippen LogP contribution in [0.25, 0.3) is 106 Å². The second kappa shape index (κ2) is 13.0. The van der Waals surface area contributed by atoms with Crippen molar-refractivity contribution in [1.29, 1.82) is 0 Å². The molecule has 8 aromatic carbocycles. The minimum Gasteiger partial charge on any atom is -0.455 e. The Hall–Kier alpha value is -7.63. The Bertz CT molecular complexity index is 3500. The van der Waals surface area contributed by atoms with E-state index in [0.29, 0.717) is 39.8 Å². The number of benzene rings is 8. The van der Waals surface area contributed by atoms with Crippen molar-refractivity contribution in [2.45, 2.75) is 0 Å². The molecule has 11 aromatic rings. The Morgan fingerprint density at radius 3 is 1.75 bits per heavy atom. The molecule has 5 nitrogen and oxygen atoms in total. The average Bonchev–Trinajstić information content (AvgIpc) is 3.86. The summed E-state index contributed by atoms with van der Waals surface area (Å²) in [6.07, 6.45) is 0. The molecule has 0 aliphatic carbocycles. The van der Waals surface area contributed by atoms with Crippen molar-refractivity contribution in [1.82, 2.24) is 19.5 Å². The number of fused-ring (bicyclic) bond motifs is 6. The van der Waals surface area contributed by atoms with E-state index in [1.807, 2.05) is 109 Å². The van der Waals surface area contributed by atoms with E-state index in [1.165, 1.54) is 0 Å². The monoisotopic (exact) mass is 721 g/mol. The Morgan fingerprint density at radius 1 is 0.411 bits per heavy atom. The fourth-order valence-corrected chi connectivity index (χ4v) is 7.70. The molecule has 0 aliphatic rings. The lowest BCUT2D eigenvalue weighted by molar-refractivity contribution is 0.670. The third kappa shape index (κ3) is 5.37. The smallest absolute Gasteiger partial charge is 0.164 e. The molecule has 56 heavy (non-hydrogen) atoms. The van der Waals surface area contributed by atoms with E-state index < -0.39 is 18.1 Å². The number of nitrogens with zero attached hydrogens (tertiary/aromatic N) is 4. The maximum Gasteiger partial charge on any atom is 0.164 e. The summed E-state index contributed by atoms with van der Waals surface area (Å²) in [5.41, 5.74) is 8.79. The molecule has 0 fully saturated rings. The first kappa shape index (κ1) is 27.0. The second-order valence-corrected chi connectivity index (χ2v) is 13.7. The lowest BCUT2D eigenvalue weighted by Crippen LogP contribution is -2.00. The van der Waals surface area contributed by atoms with Crippen molar-refractivity contribution in [2.75, 3.05) is 0 Å². The van der Waals surface area contributed by atoms with Gasteiger partial charge in [-0.3, -0.25) is 0 Å². The standard InChI is InChI=1S/C51H32N4O/c1-5-15-33(16-6-1)38-30-42(34-17-7-2-8-18-34)48-44(31-38)41-27-25-37(32-47(41)56-48)51-53-49(35-19-9-3-10-20-35)52-50(54-51)36-26-28-46-43(29-36)40-23-13-14-24-45(40)55(46)39-21-11-4-12-22-39/h1-32H/i2D,7D,8D,17D,18D. The molecule has 3 heterocycles. The van der Waals surface area contributed by atoms with Gasteiger partial charge in [-0.2, -0.15) is 0 Å². The lowest BCUT2D eigenvalue weighted by Gasteiger charge is -2.10. The van der Waals surface area contributed by atoms with E-state index in [2.05, 4.69) is 59.2 Å². The largest absolute Gasteiger partial charge is 0.455 e. The van der Waals surface area contributed by atoms with Gasteiger partial charge in [-0.25, -0.2) is 15.0 Å². The van der Waals surface area contributed by atoms with Crippen LogP contribution in [0.2, 0.25) is 0 Å². The van der Waals surface area contributed by atoms with Crippen molar-refractivity contribution < 1.29 is 11.3 Å². The Morgan fingerprint density at radius 2 is 1.00 bits per heavy atom. The molecule has 0 saturated carbocycles. The number of para-hydroxylation sites is 2. The third-order valence-corrected chi connectivity index (χ3v) is 10.3. The quantitative estimate of drug-likeness (QED) is 0.172. The molecule has 262 valence electrons. The first-order valence-electron chi connectivity index (χ1n) is 20.9. The first-order chi connectivity index (χ1) is 29.8. The van der Waals surface area contributed by atoms with Gasteiger partial charge in [0.1, 0.15) is 11.2 Å². The number of hydrogen-bond acceptors (Lipinski definition) is 4. The van der Waals surface area contributed by atoms with Crippen LogP contribution in [0.15, 0.2) is 198 Å². The van der Waals surface area contributed by atoms with E-state index in [4.69, 9.17) is 26.2 Å². The van der Waals surface area contributed by atoms with Crippen molar-refractivity contribution in [3.05, 3.63) is 194 Å². The van der Waals surface area contributed by atoms with Crippen LogP contribution >= 0.6 is 0 Å².